The van der Waals surface area contributed by atoms with Crippen LogP contribution in [0.5, 0.6) is 0 Å². The molecule has 0 saturated carbocycles. The molecule has 0 unspecified atom stereocenters. The highest BCUT2D eigenvalue weighted by Crippen LogP contribution is 2.17. The first-order chi connectivity index (χ1) is 12.2. The minimum absolute atomic E-state index is 0.260. The van der Waals surface area contributed by atoms with Crippen molar-refractivity contribution in [3.8, 4) is 0 Å². The van der Waals surface area contributed by atoms with Crippen molar-refractivity contribution in [3.63, 3.8) is 0 Å². The van der Waals surface area contributed by atoms with Crippen LogP contribution >= 0.6 is 11.8 Å². The molecule has 130 valence electrons. The zero-order valence-corrected chi connectivity index (χ0v) is 14.5. The highest BCUT2D eigenvalue weighted by atomic mass is 32.2. The van der Waals surface area contributed by atoms with Crippen molar-refractivity contribution in [3.05, 3.63) is 42.2 Å². The van der Waals surface area contributed by atoms with E-state index in [1.807, 2.05) is 17.7 Å². The molecule has 0 spiro atoms. The van der Waals surface area contributed by atoms with Gasteiger partial charge in [0, 0.05) is 18.9 Å². The summed E-state index contributed by atoms with van der Waals surface area (Å²) in [5.74, 6) is -0.0120. The van der Waals surface area contributed by atoms with Crippen LogP contribution in [0.15, 0.2) is 41.1 Å². The second-order valence-electron chi connectivity index (χ2n) is 4.78. The van der Waals surface area contributed by atoms with Crippen LogP contribution in [-0.2, 0) is 17.2 Å². The van der Waals surface area contributed by atoms with Crippen LogP contribution in [0.4, 0.5) is 0 Å². The normalized spacial score (nSPS) is 11.3. The fraction of sp³-hybridized carbons (Fsp3) is 0.286. The van der Waals surface area contributed by atoms with Crippen molar-refractivity contribution in [1.29, 1.82) is 0 Å². The van der Waals surface area contributed by atoms with E-state index in [0.717, 1.165) is 12.2 Å². The minimum atomic E-state index is -0.468. The van der Waals surface area contributed by atoms with Gasteiger partial charge in [0.05, 0.1) is 24.9 Å². The van der Waals surface area contributed by atoms with Gasteiger partial charge in [-0.3, -0.25) is 9.36 Å². The van der Waals surface area contributed by atoms with E-state index in [1.165, 1.54) is 25.2 Å². The molecule has 0 radical (unpaired) electrons. The van der Waals surface area contributed by atoms with Crippen LogP contribution in [0.2, 0.25) is 0 Å². The molecule has 3 heterocycles. The van der Waals surface area contributed by atoms with Crippen molar-refractivity contribution < 1.29 is 9.53 Å². The van der Waals surface area contributed by atoms with Crippen molar-refractivity contribution in [2.24, 2.45) is 5.10 Å². The third kappa shape index (κ3) is 3.94. The molecule has 0 aliphatic carbocycles. The number of aryl methyl sites for hydroxylation is 1. The molecule has 0 fully saturated rings. The number of aromatic nitrogens is 7. The highest BCUT2D eigenvalue weighted by Gasteiger charge is 2.10. The van der Waals surface area contributed by atoms with E-state index in [4.69, 9.17) is 0 Å². The van der Waals surface area contributed by atoms with Crippen LogP contribution in [0.1, 0.15) is 23.1 Å². The number of methoxy groups -OCH3 is 1. The Bertz CT molecular complexity index is 881. The maximum atomic E-state index is 11.4. The van der Waals surface area contributed by atoms with Crippen molar-refractivity contribution in [2.75, 3.05) is 7.11 Å². The lowest BCUT2D eigenvalue weighted by atomic mass is 10.4. The Hall–Kier alpha value is -2.95. The molecule has 0 aliphatic heterocycles. The second-order valence-corrected chi connectivity index (χ2v) is 5.69. The largest absolute Gasteiger partial charge is 0.464 e. The number of thioether (sulfide) groups is 1. The lowest BCUT2D eigenvalue weighted by molar-refractivity contribution is 0.0593. The number of carbonyl (C=O) groups excluding carboxylic acids is 1. The zero-order valence-electron chi connectivity index (χ0n) is 13.7. The molecule has 3 aromatic rings. The van der Waals surface area contributed by atoms with Gasteiger partial charge in [-0.1, -0.05) is 11.8 Å². The molecule has 3 rings (SSSR count). The Balaban J connectivity index is 1.66. The van der Waals surface area contributed by atoms with E-state index < -0.39 is 5.97 Å². The van der Waals surface area contributed by atoms with Gasteiger partial charge in [0.1, 0.15) is 6.33 Å². The van der Waals surface area contributed by atoms with Gasteiger partial charge in [0.15, 0.2) is 5.69 Å². The highest BCUT2D eigenvalue weighted by molar-refractivity contribution is 7.98. The summed E-state index contributed by atoms with van der Waals surface area (Å²) in [5.41, 5.74) is 1.15. The molecule has 25 heavy (non-hydrogen) atoms. The first-order valence-corrected chi connectivity index (χ1v) is 8.40. The van der Waals surface area contributed by atoms with Crippen LogP contribution in [0, 0.1) is 0 Å². The predicted octanol–water partition coefficient (Wildman–Crippen LogP) is 1.11. The molecular weight excluding hydrogens is 344 g/mol. The van der Waals surface area contributed by atoms with Gasteiger partial charge >= 0.3 is 5.97 Å². The lowest BCUT2D eigenvalue weighted by Crippen LogP contribution is -2.05. The summed E-state index contributed by atoms with van der Waals surface area (Å²) in [6, 6.07) is 3.48. The van der Waals surface area contributed by atoms with Crippen molar-refractivity contribution in [2.45, 2.75) is 24.5 Å². The standard InChI is InChI=1S/C14H16N8O2S/c1-3-21-11(4-6-16-21)8-17-22-9-15-18-14(22)25-10-20-7-5-12(19-20)13(23)24-2/h4-9H,3,10H2,1-2H3/b17-8-. The predicted molar refractivity (Wildman–Crippen MR) is 90.3 cm³/mol. The summed E-state index contributed by atoms with van der Waals surface area (Å²) in [5, 5.41) is 21.2. The van der Waals surface area contributed by atoms with E-state index in [1.54, 1.807) is 34.0 Å². The van der Waals surface area contributed by atoms with Gasteiger partial charge < -0.3 is 4.74 Å². The van der Waals surface area contributed by atoms with Crippen LogP contribution in [0.25, 0.3) is 0 Å². The maximum Gasteiger partial charge on any atom is 0.358 e. The third-order valence-corrected chi connectivity index (χ3v) is 4.15. The molecular formula is C14H16N8O2S. The molecule has 0 aromatic carbocycles. The Morgan fingerprint density at radius 1 is 1.44 bits per heavy atom. The summed E-state index contributed by atoms with van der Waals surface area (Å²) in [6.45, 7) is 2.77. The molecule has 11 heteroatoms. The van der Waals surface area contributed by atoms with Gasteiger partial charge in [-0.05, 0) is 19.1 Å². The van der Waals surface area contributed by atoms with E-state index in [9.17, 15) is 4.79 Å². The van der Waals surface area contributed by atoms with Crippen LogP contribution < -0.4 is 0 Å². The van der Waals surface area contributed by atoms with E-state index in [2.05, 4.69) is 30.2 Å². The Morgan fingerprint density at radius 2 is 2.32 bits per heavy atom. The smallest absolute Gasteiger partial charge is 0.358 e. The maximum absolute atomic E-state index is 11.4. The Morgan fingerprint density at radius 3 is 3.12 bits per heavy atom. The zero-order chi connectivity index (χ0) is 17.6. The van der Waals surface area contributed by atoms with Crippen LogP contribution in [0.3, 0.4) is 0 Å². The first kappa shape index (κ1) is 16.9. The second kappa shape index (κ2) is 7.75. The summed E-state index contributed by atoms with van der Waals surface area (Å²) >= 11 is 1.39. The number of esters is 1. The summed E-state index contributed by atoms with van der Waals surface area (Å²) in [4.78, 5) is 11.4. The quantitative estimate of drug-likeness (QED) is 0.353. The van der Waals surface area contributed by atoms with E-state index in [-0.39, 0.29) is 5.69 Å². The number of rotatable bonds is 7. The number of hydrogen-bond acceptors (Lipinski definition) is 8. The van der Waals surface area contributed by atoms with Gasteiger partial charge in [0.25, 0.3) is 0 Å². The van der Waals surface area contributed by atoms with Gasteiger partial charge in [0.2, 0.25) is 5.16 Å². The third-order valence-electron chi connectivity index (χ3n) is 3.22. The van der Waals surface area contributed by atoms with Crippen molar-refractivity contribution in [1.82, 2.24) is 34.4 Å². The SMILES string of the molecule is CCn1nccc1/C=N\n1cnnc1SCn1ccc(C(=O)OC)n1. The van der Waals surface area contributed by atoms with E-state index >= 15 is 0 Å². The topological polar surface area (TPSA) is 105 Å². The first-order valence-electron chi connectivity index (χ1n) is 7.42. The number of ether oxygens (including phenoxy) is 1. The fourth-order valence-electron chi connectivity index (χ4n) is 2.00. The average Bonchev–Trinajstić information content (AvgIpc) is 3.37. The molecule has 10 nitrogen and oxygen atoms in total. The summed E-state index contributed by atoms with van der Waals surface area (Å²) < 4.78 is 9.65. The van der Waals surface area contributed by atoms with Crippen molar-refractivity contribution >= 4 is 23.9 Å². The number of nitrogens with zero attached hydrogens (tertiary/aromatic N) is 8. The molecule has 0 amide bonds. The minimum Gasteiger partial charge on any atom is -0.464 e. The average molecular weight is 360 g/mol. The molecule has 0 aliphatic rings. The Kier molecular flexibility index (Phi) is 5.23. The van der Waals surface area contributed by atoms with Gasteiger partial charge in [-0.15, -0.1) is 10.2 Å². The summed E-state index contributed by atoms with van der Waals surface area (Å²) in [6.07, 6.45) is 6.65. The molecule has 0 saturated heterocycles. The van der Waals surface area contributed by atoms with Crippen LogP contribution in [-0.4, -0.2) is 53.7 Å². The fourth-order valence-corrected chi connectivity index (χ4v) is 2.73. The van der Waals surface area contributed by atoms with Gasteiger partial charge in [-0.25, -0.2) is 4.79 Å². The molecule has 0 bridgehead atoms. The Labute approximate surface area is 147 Å². The molecule has 3 aromatic heterocycles. The summed E-state index contributed by atoms with van der Waals surface area (Å²) in [7, 11) is 1.32. The molecule has 0 atom stereocenters. The molecule has 0 N–H and O–H groups in total. The monoisotopic (exact) mass is 360 g/mol. The van der Waals surface area contributed by atoms with E-state index in [0.29, 0.717) is 11.0 Å². The number of carbonyl (C=O) groups is 1. The van der Waals surface area contributed by atoms with Gasteiger partial charge in [-0.2, -0.15) is 20.0 Å². The number of hydrogen-bond donors (Lipinski definition) is 0. The lowest BCUT2D eigenvalue weighted by Gasteiger charge is -2.02.